The number of aliphatic carboxylic acids is 1. The molecule has 0 atom stereocenters. The monoisotopic (exact) mass is 295 g/mol. The van der Waals surface area contributed by atoms with Crippen LogP contribution < -0.4 is 4.74 Å². The van der Waals surface area contributed by atoms with Crippen molar-refractivity contribution in [1.29, 1.82) is 0 Å². The number of carboxylic acid groups (broad SMARTS) is 1. The van der Waals surface area contributed by atoms with E-state index in [4.69, 9.17) is 9.84 Å². The molecule has 1 aliphatic rings. The highest BCUT2D eigenvalue weighted by molar-refractivity contribution is 8.00. The number of carboxylic acids is 1. The summed E-state index contributed by atoms with van der Waals surface area (Å²) in [6.45, 7) is -0.202. The molecule has 1 N–H and O–H groups in total. The quantitative estimate of drug-likeness (QED) is 0.778. The van der Waals surface area contributed by atoms with Crippen LogP contribution in [0.5, 0.6) is 5.75 Å². The predicted octanol–water partition coefficient (Wildman–Crippen LogP) is 1.86. The summed E-state index contributed by atoms with van der Waals surface area (Å²) >= 11 is 1.41. The number of methoxy groups -OCH3 is 1. The minimum absolute atomic E-state index is 0.115. The second-order valence-corrected chi connectivity index (χ2v) is 5.66. The van der Waals surface area contributed by atoms with Crippen LogP contribution in [-0.4, -0.2) is 47.3 Å². The number of rotatable bonds is 7. The summed E-state index contributed by atoms with van der Waals surface area (Å²) in [5, 5.41) is 8.84. The molecule has 5 nitrogen and oxygen atoms in total. The third-order valence-corrected chi connectivity index (χ3v) is 4.03. The summed E-state index contributed by atoms with van der Waals surface area (Å²) in [6.07, 6.45) is 1.82. The Morgan fingerprint density at radius 1 is 1.35 bits per heavy atom. The largest absolute Gasteiger partial charge is 0.497 e. The molecule has 108 valence electrons. The molecule has 1 aliphatic carbocycles. The van der Waals surface area contributed by atoms with Crippen LogP contribution >= 0.6 is 11.8 Å². The van der Waals surface area contributed by atoms with Crippen molar-refractivity contribution in [3.63, 3.8) is 0 Å². The van der Waals surface area contributed by atoms with Crippen molar-refractivity contribution < 1.29 is 19.4 Å². The maximum Gasteiger partial charge on any atom is 0.323 e. The maximum atomic E-state index is 12.1. The Labute approximate surface area is 121 Å². The molecule has 0 unspecified atom stereocenters. The van der Waals surface area contributed by atoms with Gasteiger partial charge in [-0.3, -0.25) is 9.59 Å². The number of benzene rings is 1. The fraction of sp³-hybridized carbons (Fsp3) is 0.429. The van der Waals surface area contributed by atoms with Gasteiger partial charge in [0.05, 0.1) is 12.9 Å². The smallest absolute Gasteiger partial charge is 0.323 e. The zero-order valence-electron chi connectivity index (χ0n) is 11.2. The average Bonchev–Trinajstić information content (AvgIpc) is 3.27. The van der Waals surface area contributed by atoms with E-state index in [-0.39, 0.29) is 24.2 Å². The lowest BCUT2D eigenvalue weighted by atomic mass is 10.3. The lowest BCUT2D eigenvalue weighted by molar-refractivity contribution is -0.143. The van der Waals surface area contributed by atoms with E-state index in [9.17, 15) is 9.59 Å². The molecule has 6 heteroatoms. The SMILES string of the molecule is COc1ccc(SCC(=O)N(CC(=O)O)C2CC2)cc1. The Kier molecular flexibility index (Phi) is 4.89. The highest BCUT2D eigenvalue weighted by atomic mass is 32.2. The molecular formula is C14H17NO4S. The van der Waals surface area contributed by atoms with Gasteiger partial charge in [-0.1, -0.05) is 0 Å². The molecule has 20 heavy (non-hydrogen) atoms. The molecule has 0 spiro atoms. The van der Waals surface area contributed by atoms with Gasteiger partial charge in [0.15, 0.2) is 0 Å². The molecule has 0 radical (unpaired) electrons. The molecule has 1 amide bonds. The Bertz CT molecular complexity index is 484. The third-order valence-electron chi connectivity index (χ3n) is 3.04. The van der Waals surface area contributed by atoms with E-state index < -0.39 is 5.97 Å². The Morgan fingerprint density at radius 2 is 2.00 bits per heavy atom. The number of amides is 1. The molecule has 0 heterocycles. The van der Waals surface area contributed by atoms with Gasteiger partial charge in [0, 0.05) is 10.9 Å². The Balaban J connectivity index is 1.87. The third kappa shape index (κ3) is 4.16. The zero-order chi connectivity index (χ0) is 14.5. The van der Waals surface area contributed by atoms with E-state index in [0.717, 1.165) is 23.5 Å². The summed E-state index contributed by atoms with van der Waals surface area (Å²) in [5.74, 6) is -0.0441. The summed E-state index contributed by atoms with van der Waals surface area (Å²) in [5.41, 5.74) is 0. The number of nitrogens with zero attached hydrogens (tertiary/aromatic N) is 1. The zero-order valence-corrected chi connectivity index (χ0v) is 12.1. The van der Waals surface area contributed by atoms with Crippen LogP contribution in [0.25, 0.3) is 0 Å². The lowest BCUT2D eigenvalue weighted by Gasteiger charge is -2.19. The van der Waals surface area contributed by atoms with Crippen molar-refractivity contribution >= 4 is 23.6 Å². The molecule has 2 rings (SSSR count). The van der Waals surface area contributed by atoms with E-state index in [0.29, 0.717) is 0 Å². The standard InChI is InChI=1S/C14H17NO4S/c1-19-11-4-6-12(7-5-11)20-9-13(16)15(8-14(17)18)10-2-3-10/h4-7,10H,2-3,8-9H2,1H3,(H,17,18). The van der Waals surface area contributed by atoms with Gasteiger partial charge in [0.25, 0.3) is 0 Å². The van der Waals surface area contributed by atoms with Crippen LogP contribution in [0.2, 0.25) is 0 Å². The molecule has 0 saturated heterocycles. The molecule has 1 fully saturated rings. The molecule has 0 aromatic heterocycles. The van der Waals surface area contributed by atoms with Gasteiger partial charge < -0.3 is 14.7 Å². The van der Waals surface area contributed by atoms with Crippen molar-refractivity contribution in [3.8, 4) is 5.75 Å². The van der Waals surface area contributed by atoms with Crippen LogP contribution in [0, 0.1) is 0 Å². The second kappa shape index (κ2) is 6.65. The Morgan fingerprint density at radius 3 is 2.50 bits per heavy atom. The highest BCUT2D eigenvalue weighted by Crippen LogP contribution is 2.28. The molecule has 1 aromatic carbocycles. The maximum absolute atomic E-state index is 12.1. The Hall–Kier alpha value is -1.69. The lowest BCUT2D eigenvalue weighted by Crippen LogP contribution is -2.38. The van der Waals surface area contributed by atoms with E-state index in [2.05, 4.69) is 0 Å². The van der Waals surface area contributed by atoms with Crippen LogP contribution in [0.15, 0.2) is 29.2 Å². The first kappa shape index (κ1) is 14.7. The van der Waals surface area contributed by atoms with E-state index >= 15 is 0 Å². The van der Waals surface area contributed by atoms with Crippen LogP contribution in [0.1, 0.15) is 12.8 Å². The normalized spacial score (nSPS) is 13.8. The summed E-state index contributed by atoms with van der Waals surface area (Å²) in [6, 6.07) is 7.56. The number of hydrogen-bond acceptors (Lipinski definition) is 4. The summed E-state index contributed by atoms with van der Waals surface area (Å²) in [7, 11) is 1.60. The molecular weight excluding hydrogens is 278 g/mol. The van der Waals surface area contributed by atoms with Crippen molar-refractivity contribution in [1.82, 2.24) is 4.90 Å². The molecule has 0 bridgehead atoms. The highest BCUT2D eigenvalue weighted by Gasteiger charge is 2.33. The van der Waals surface area contributed by atoms with Crippen molar-refractivity contribution in [2.45, 2.75) is 23.8 Å². The number of carbonyl (C=O) groups is 2. The van der Waals surface area contributed by atoms with Gasteiger partial charge in [0.1, 0.15) is 12.3 Å². The molecule has 0 aliphatic heterocycles. The number of hydrogen-bond donors (Lipinski definition) is 1. The minimum Gasteiger partial charge on any atom is -0.497 e. The minimum atomic E-state index is -0.959. The van der Waals surface area contributed by atoms with E-state index in [1.54, 1.807) is 7.11 Å². The summed E-state index contributed by atoms with van der Waals surface area (Å²) in [4.78, 5) is 25.3. The number of thioether (sulfide) groups is 1. The van der Waals surface area contributed by atoms with Gasteiger partial charge in [0.2, 0.25) is 5.91 Å². The van der Waals surface area contributed by atoms with Crippen molar-refractivity contribution in [2.75, 3.05) is 19.4 Å². The van der Waals surface area contributed by atoms with Crippen LogP contribution in [-0.2, 0) is 9.59 Å². The van der Waals surface area contributed by atoms with Gasteiger partial charge in [-0.2, -0.15) is 0 Å². The van der Waals surface area contributed by atoms with Crippen molar-refractivity contribution in [2.24, 2.45) is 0 Å². The van der Waals surface area contributed by atoms with E-state index in [1.807, 2.05) is 24.3 Å². The van der Waals surface area contributed by atoms with Gasteiger partial charge in [-0.05, 0) is 37.1 Å². The fourth-order valence-corrected chi connectivity index (χ4v) is 2.64. The van der Waals surface area contributed by atoms with Gasteiger partial charge in [-0.15, -0.1) is 11.8 Å². The average molecular weight is 295 g/mol. The number of carbonyl (C=O) groups excluding carboxylic acids is 1. The first-order valence-corrected chi connectivity index (χ1v) is 7.37. The topological polar surface area (TPSA) is 66.8 Å². The van der Waals surface area contributed by atoms with Gasteiger partial charge >= 0.3 is 5.97 Å². The number of ether oxygens (including phenoxy) is 1. The predicted molar refractivity (Wildman–Crippen MR) is 76.1 cm³/mol. The summed E-state index contributed by atoms with van der Waals surface area (Å²) < 4.78 is 5.07. The fourth-order valence-electron chi connectivity index (χ4n) is 1.85. The second-order valence-electron chi connectivity index (χ2n) is 4.61. The first-order chi connectivity index (χ1) is 9.60. The van der Waals surface area contributed by atoms with Gasteiger partial charge in [-0.25, -0.2) is 0 Å². The molecule has 1 aromatic rings. The molecule has 1 saturated carbocycles. The van der Waals surface area contributed by atoms with E-state index in [1.165, 1.54) is 16.7 Å². The van der Waals surface area contributed by atoms with Crippen LogP contribution in [0.3, 0.4) is 0 Å². The van der Waals surface area contributed by atoms with Crippen LogP contribution in [0.4, 0.5) is 0 Å². The first-order valence-electron chi connectivity index (χ1n) is 6.38. The van der Waals surface area contributed by atoms with Crippen molar-refractivity contribution in [3.05, 3.63) is 24.3 Å².